The minimum Gasteiger partial charge on any atom is -0.437 e. The molecule has 4 rings (SSSR count). The van der Waals surface area contributed by atoms with Crippen molar-refractivity contribution in [3.8, 4) is 11.6 Å². The zero-order valence-electron chi connectivity index (χ0n) is 16.4. The van der Waals surface area contributed by atoms with Crippen LogP contribution in [0.3, 0.4) is 0 Å². The first-order chi connectivity index (χ1) is 14.7. The summed E-state index contributed by atoms with van der Waals surface area (Å²) in [4.78, 5) is 28.0. The van der Waals surface area contributed by atoms with Gasteiger partial charge in [0.25, 0.3) is 5.91 Å². The summed E-state index contributed by atoms with van der Waals surface area (Å²) in [6, 6.07) is 9.14. The Balaban J connectivity index is 1.60. The molecule has 2 aromatic carbocycles. The SMILES string of the molecule is Cc1nc(Oc2cc(NC(=O)c3cccc(C(F)(F)F)c3)ccc2C)c2[nH]cnc2n1. The predicted molar refractivity (Wildman–Crippen MR) is 107 cm³/mol. The van der Waals surface area contributed by atoms with Gasteiger partial charge in [0.1, 0.15) is 17.1 Å². The van der Waals surface area contributed by atoms with E-state index in [4.69, 9.17) is 4.74 Å². The fourth-order valence-corrected chi connectivity index (χ4v) is 2.92. The second-order valence-corrected chi connectivity index (χ2v) is 6.79. The van der Waals surface area contributed by atoms with E-state index in [9.17, 15) is 18.0 Å². The predicted octanol–water partition coefficient (Wildman–Crippen LogP) is 5.03. The molecular formula is C21H16F3N5O2. The number of aromatic amines is 1. The molecule has 0 aliphatic rings. The van der Waals surface area contributed by atoms with Crippen LogP contribution in [0, 0.1) is 13.8 Å². The van der Waals surface area contributed by atoms with Gasteiger partial charge in [0.15, 0.2) is 5.65 Å². The van der Waals surface area contributed by atoms with E-state index in [1.165, 1.54) is 18.5 Å². The normalized spacial score (nSPS) is 11.5. The van der Waals surface area contributed by atoms with Gasteiger partial charge in [0.05, 0.1) is 11.9 Å². The number of carbonyl (C=O) groups is 1. The third-order valence-corrected chi connectivity index (χ3v) is 4.47. The fraction of sp³-hybridized carbons (Fsp3) is 0.143. The van der Waals surface area contributed by atoms with Gasteiger partial charge in [0, 0.05) is 17.3 Å². The molecule has 0 fully saturated rings. The summed E-state index contributed by atoms with van der Waals surface area (Å²) in [5, 5.41) is 2.59. The van der Waals surface area contributed by atoms with Gasteiger partial charge in [0.2, 0.25) is 5.88 Å². The smallest absolute Gasteiger partial charge is 0.416 e. The van der Waals surface area contributed by atoms with E-state index in [1.807, 2.05) is 6.92 Å². The van der Waals surface area contributed by atoms with Crippen LogP contribution in [0.5, 0.6) is 11.6 Å². The Morgan fingerprint density at radius 3 is 2.68 bits per heavy atom. The Hall–Kier alpha value is -3.95. The van der Waals surface area contributed by atoms with Crippen LogP contribution in [-0.2, 0) is 6.18 Å². The summed E-state index contributed by atoms with van der Waals surface area (Å²) in [6.07, 6.45) is -3.06. The van der Waals surface area contributed by atoms with Gasteiger partial charge >= 0.3 is 6.18 Å². The average Bonchev–Trinajstić information content (AvgIpc) is 3.18. The second-order valence-electron chi connectivity index (χ2n) is 6.79. The molecular weight excluding hydrogens is 411 g/mol. The third kappa shape index (κ3) is 4.32. The summed E-state index contributed by atoms with van der Waals surface area (Å²) < 4.78 is 44.7. The Bertz CT molecular complexity index is 1280. The molecule has 0 saturated heterocycles. The number of hydrogen-bond donors (Lipinski definition) is 2. The van der Waals surface area contributed by atoms with E-state index >= 15 is 0 Å². The molecule has 0 aliphatic carbocycles. The zero-order valence-corrected chi connectivity index (χ0v) is 16.4. The highest BCUT2D eigenvalue weighted by Gasteiger charge is 2.30. The summed E-state index contributed by atoms with van der Waals surface area (Å²) in [5.41, 5.74) is 1.09. The van der Waals surface area contributed by atoms with Crippen molar-refractivity contribution < 1.29 is 22.7 Å². The maximum Gasteiger partial charge on any atom is 0.416 e. The number of nitrogens with one attached hydrogen (secondary N) is 2. The highest BCUT2D eigenvalue weighted by Crippen LogP contribution is 2.31. The molecule has 1 amide bonds. The number of hydrogen-bond acceptors (Lipinski definition) is 5. The number of H-pyrrole nitrogens is 1. The van der Waals surface area contributed by atoms with E-state index in [2.05, 4.69) is 25.3 Å². The van der Waals surface area contributed by atoms with Crippen molar-refractivity contribution in [3.63, 3.8) is 0 Å². The lowest BCUT2D eigenvalue weighted by Gasteiger charge is -2.12. The van der Waals surface area contributed by atoms with Crippen LogP contribution >= 0.6 is 0 Å². The topological polar surface area (TPSA) is 92.8 Å². The Labute approximate surface area is 174 Å². The van der Waals surface area contributed by atoms with Crippen LogP contribution in [0.1, 0.15) is 27.3 Å². The van der Waals surface area contributed by atoms with Crippen molar-refractivity contribution in [3.05, 3.63) is 71.3 Å². The fourth-order valence-electron chi connectivity index (χ4n) is 2.92. The number of nitrogens with zero attached hydrogens (tertiary/aromatic N) is 3. The highest BCUT2D eigenvalue weighted by atomic mass is 19.4. The van der Waals surface area contributed by atoms with Crippen molar-refractivity contribution in [2.75, 3.05) is 5.32 Å². The van der Waals surface area contributed by atoms with E-state index in [-0.39, 0.29) is 11.4 Å². The second kappa shape index (κ2) is 7.71. The molecule has 0 saturated carbocycles. The largest absolute Gasteiger partial charge is 0.437 e. The number of aromatic nitrogens is 4. The molecule has 0 radical (unpaired) electrons. The molecule has 10 heteroatoms. The van der Waals surface area contributed by atoms with Gasteiger partial charge in [-0.05, 0) is 43.7 Å². The summed E-state index contributed by atoms with van der Waals surface area (Å²) in [7, 11) is 0. The number of benzene rings is 2. The molecule has 4 aromatic rings. The lowest BCUT2D eigenvalue weighted by atomic mass is 10.1. The minimum atomic E-state index is -4.53. The monoisotopic (exact) mass is 427 g/mol. The number of amides is 1. The lowest BCUT2D eigenvalue weighted by Crippen LogP contribution is -2.14. The molecule has 0 unspecified atom stereocenters. The Morgan fingerprint density at radius 2 is 1.90 bits per heavy atom. The number of aryl methyl sites for hydroxylation is 2. The quantitative estimate of drug-likeness (QED) is 0.476. The number of halogens is 3. The molecule has 0 spiro atoms. The first-order valence-electron chi connectivity index (χ1n) is 9.15. The Morgan fingerprint density at radius 1 is 1.10 bits per heavy atom. The van der Waals surface area contributed by atoms with E-state index < -0.39 is 17.6 Å². The number of fused-ring (bicyclic) bond motifs is 1. The van der Waals surface area contributed by atoms with Crippen molar-refractivity contribution >= 4 is 22.8 Å². The highest BCUT2D eigenvalue weighted by molar-refractivity contribution is 6.04. The standard InChI is InChI=1S/C21H16F3N5O2/c1-11-6-7-15(29-19(30)13-4-3-5-14(8-13)21(22,23)24)9-16(11)31-20-17-18(26-10-25-17)27-12(2)28-20/h3-10H,1-2H3,(H,29,30)(H,25,26,27,28). The van der Waals surface area contributed by atoms with Gasteiger partial charge in [-0.25, -0.2) is 9.97 Å². The number of ether oxygens (including phenoxy) is 1. The van der Waals surface area contributed by atoms with Gasteiger partial charge in [-0.1, -0.05) is 12.1 Å². The van der Waals surface area contributed by atoms with Crippen LogP contribution in [0.4, 0.5) is 18.9 Å². The summed E-state index contributed by atoms with van der Waals surface area (Å²) in [5.74, 6) is 0.483. The number of rotatable bonds is 4. The lowest BCUT2D eigenvalue weighted by molar-refractivity contribution is -0.137. The number of alkyl halides is 3. The molecule has 0 aliphatic heterocycles. The van der Waals surface area contributed by atoms with Crippen LogP contribution < -0.4 is 10.1 Å². The van der Waals surface area contributed by atoms with Crippen LogP contribution in [0.15, 0.2) is 48.8 Å². The first kappa shape index (κ1) is 20.3. The molecule has 0 bridgehead atoms. The maximum absolute atomic E-state index is 12.9. The van der Waals surface area contributed by atoms with Crippen LogP contribution in [0.2, 0.25) is 0 Å². The van der Waals surface area contributed by atoms with Crippen molar-refractivity contribution in [1.82, 2.24) is 19.9 Å². The maximum atomic E-state index is 12.9. The van der Waals surface area contributed by atoms with Gasteiger partial charge in [-0.15, -0.1) is 0 Å². The van der Waals surface area contributed by atoms with Gasteiger partial charge in [-0.3, -0.25) is 4.79 Å². The average molecular weight is 427 g/mol. The van der Waals surface area contributed by atoms with Crippen molar-refractivity contribution in [2.45, 2.75) is 20.0 Å². The minimum absolute atomic E-state index is 0.108. The van der Waals surface area contributed by atoms with Crippen LogP contribution in [-0.4, -0.2) is 25.8 Å². The number of anilines is 1. The van der Waals surface area contributed by atoms with E-state index in [0.717, 1.165) is 17.7 Å². The van der Waals surface area contributed by atoms with Crippen molar-refractivity contribution in [2.24, 2.45) is 0 Å². The van der Waals surface area contributed by atoms with Crippen LogP contribution in [0.25, 0.3) is 11.2 Å². The molecule has 2 heterocycles. The molecule has 158 valence electrons. The molecule has 2 N–H and O–H groups in total. The summed E-state index contributed by atoms with van der Waals surface area (Å²) in [6.45, 7) is 3.52. The number of imidazole rings is 1. The van der Waals surface area contributed by atoms with E-state index in [1.54, 1.807) is 25.1 Å². The van der Waals surface area contributed by atoms with E-state index in [0.29, 0.717) is 28.4 Å². The molecule has 2 aromatic heterocycles. The third-order valence-electron chi connectivity index (χ3n) is 4.47. The van der Waals surface area contributed by atoms with Gasteiger partial charge < -0.3 is 15.0 Å². The zero-order chi connectivity index (χ0) is 22.2. The summed E-state index contributed by atoms with van der Waals surface area (Å²) >= 11 is 0. The molecule has 31 heavy (non-hydrogen) atoms. The van der Waals surface area contributed by atoms with Gasteiger partial charge in [-0.2, -0.15) is 18.2 Å². The number of carbonyl (C=O) groups excluding carboxylic acids is 1. The Kier molecular flexibility index (Phi) is 5.05. The van der Waals surface area contributed by atoms with Crippen molar-refractivity contribution in [1.29, 1.82) is 0 Å². The molecule has 0 atom stereocenters. The first-order valence-corrected chi connectivity index (χ1v) is 9.15. The molecule has 7 nitrogen and oxygen atoms in total.